The van der Waals surface area contributed by atoms with E-state index in [9.17, 15) is 4.79 Å². The largest absolute Gasteiger partial charge is 0.397 e. The summed E-state index contributed by atoms with van der Waals surface area (Å²) in [5.74, 6) is -0.105. The summed E-state index contributed by atoms with van der Waals surface area (Å²) in [4.78, 5) is 11.8. The Morgan fingerprint density at radius 2 is 2.16 bits per heavy atom. The van der Waals surface area contributed by atoms with Crippen molar-refractivity contribution in [2.75, 3.05) is 17.7 Å². The fourth-order valence-corrected chi connectivity index (χ4v) is 2.39. The average Bonchev–Trinajstić information content (AvgIpc) is 2.87. The summed E-state index contributed by atoms with van der Waals surface area (Å²) in [5.41, 5.74) is 6.82. The maximum absolute atomic E-state index is 11.8. The number of hydrogen-bond acceptors (Lipinski definition) is 3. The maximum Gasteiger partial charge on any atom is 0.226 e. The molecule has 0 heterocycles. The lowest BCUT2D eigenvalue weighted by molar-refractivity contribution is -0.117. The molecule has 3 N–H and O–H groups in total. The molecule has 1 aliphatic carbocycles. The summed E-state index contributed by atoms with van der Waals surface area (Å²) in [6.07, 6.45) is 5.36. The molecule has 1 aromatic carbocycles. The molecule has 5 heteroatoms. The van der Waals surface area contributed by atoms with Gasteiger partial charge in [0, 0.05) is 5.02 Å². The van der Waals surface area contributed by atoms with Crippen molar-refractivity contribution in [2.45, 2.75) is 38.2 Å². The van der Waals surface area contributed by atoms with Crippen LogP contribution in [0.15, 0.2) is 18.2 Å². The van der Waals surface area contributed by atoms with E-state index >= 15 is 0 Å². The van der Waals surface area contributed by atoms with Crippen LogP contribution < -0.4 is 11.1 Å². The number of anilines is 2. The first-order valence-electron chi connectivity index (χ1n) is 6.61. The summed E-state index contributed by atoms with van der Waals surface area (Å²) >= 11 is 5.86. The van der Waals surface area contributed by atoms with Gasteiger partial charge >= 0.3 is 0 Å². The van der Waals surface area contributed by atoms with Crippen molar-refractivity contribution < 1.29 is 9.53 Å². The van der Waals surface area contributed by atoms with Crippen LogP contribution in [0.3, 0.4) is 0 Å². The number of carbonyl (C=O) groups excluding carboxylic acids is 1. The standard InChI is InChI=1S/C14H19ClN2O2/c15-10-5-6-12(16)13(9-10)17-14(18)7-8-19-11-3-1-2-4-11/h5-6,9,11H,1-4,7-8,16H2,(H,17,18). The molecule has 1 saturated carbocycles. The number of halogens is 1. The lowest BCUT2D eigenvalue weighted by Gasteiger charge is -2.11. The van der Waals surface area contributed by atoms with Crippen LogP contribution in [0.2, 0.25) is 5.02 Å². The molecule has 19 heavy (non-hydrogen) atoms. The van der Waals surface area contributed by atoms with E-state index in [1.165, 1.54) is 12.8 Å². The van der Waals surface area contributed by atoms with Crippen molar-refractivity contribution in [1.29, 1.82) is 0 Å². The molecule has 104 valence electrons. The number of nitrogen functional groups attached to an aromatic ring is 1. The van der Waals surface area contributed by atoms with Gasteiger partial charge in [-0.1, -0.05) is 24.4 Å². The molecule has 0 spiro atoms. The summed E-state index contributed by atoms with van der Waals surface area (Å²) in [5, 5.41) is 3.30. The highest BCUT2D eigenvalue weighted by Gasteiger charge is 2.15. The highest BCUT2D eigenvalue weighted by Crippen LogP contribution is 2.23. The van der Waals surface area contributed by atoms with E-state index in [0.29, 0.717) is 35.5 Å². The highest BCUT2D eigenvalue weighted by atomic mass is 35.5. The number of nitrogens with one attached hydrogen (secondary N) is 1. The van der Waals surface area contributed by atoms with Crippen LogP contribution in [0.5, 0.6) is 0 Å². The van der Waals surface area contributed by atoms with Gasteiger partial charge < -0.3 is 15.8 Å². The van der Waals surface area contributed by atoms with Crippen LogP contribution in [0, 0.1) is 0 Å². The van der Waals surface area contributed by atoms with E-state index in [2.05, 4.69) is 5.32 Å². The van der Waals surface area contributed by atoms with Crippen LogP contribution in [-0.4, -0.2) is 18.6 Å². The molecule has 0 unspecified atom stereocenters. The lowest BCUT2D eigenvalue weighted by atomic mass is 10.2. The number of nitrogens with two attached hydrogens (primary N) is 1. The SMILES string of the molecule is Nc1ccc(Cl)cc1NC(=O)CCOC1CCCC1. The number of hydrogen-bond donors (Lipinski definition) is 2. The Morgan fingerprint density at radius 3 is 2.89 bits per heavy atom. The molecular weight excluding hydrogens is 264 g/mol. The number of benzene rings is 1. The van der Waals surface area contributed by atoms with E-state index in [1.54, 1.807) is 18.2 Å². The summed E-state index contributed by atoms with van der Waals surface area (Å²) in [6.45, 7) is 0.455. The number of carbonyl (C=O) groups is 1. The van der Waals surface area contributed by atoms with E-state index in [1.807, 2.05) is 0 Å². The fraction of sp³-hybridized carbons (Fsp3) is 0.500. The molecule has 0 atom stereocenters. The van der Waals surface area contributed by atoms with Gasteiger partial charge in [0.05, 0.1) is 30.5 Å². The first-order valence-corrected chi connectivity index (χ1v) is 6.99. The van der Waals surface area contributed by atoms with Crippen LogP contribution in [-0.2, 0) is 9.53 Å². The van der Waals surface area contributed by atoms with Gasteiger partial charge in [-0.2, -0.15) is 0 Å². The van der Waals surface area contributed by atoms with E-state index in [0.717, 1.165) is 12.8 Å². The van der Waals surface area contributed by atoms with Gasteiger partial charge in [0.15, 0.2) is 0 Å². The van der Waals surface area contributed by atoms with Gasteiger partial charge in [-0.05, 0) is 31.0 Å². The Morgan fingerprint density at radius 1 is 1.42 bits per heavy atom. The number of ether oxygens (including phenoxy) is 1. The third-order valence-electron chi connectivity index (χ3n) is 3.27. The predicted octanol–water partition coefficient (Wildman–Crippen LogP) is 3.21. The van der Waals surface area contributed by atoms with Crippen LogP contribution in [0.1, 0.15) is 32.1 Å². The second kappa shape index (κ2) is 6.78. The molecular formula is C14H19ClN2O2. The van der Waals surface area contributed by atoms with Crippen molar-refractivity contribution in [2.24, 2.45) is 0 Å². The summed E-state index contributed by atoms with van der Waals surface area (Å²) < 4.78 is 5.65. The molecule has 1 aliphatic rings. The molecule has 1 amide bonds. The maximum atomic E-state index is 11.8. The molecule has 0 aliphatic heterocycles. The van der Waals surface area contributed by atoms with Gasteiger partial charge in [0.1, 0.15) is 0 Å². The zero-order chi connectivity index (χ0) is 13.7. The molecule has 2 rings (SSSR count). The first-order chi connectivity index (χ1) is 9.15. The average molecular weight is 283 g/mol. The van der Waals surface area contributed by atoms with E-state index in [4.69, 9.17) is 22.1 Å². The zero-order valence-electron chi connectivity index (χ0n) is 10.8. The molecule has 1 fully saturated rings. The molecule has 1 aromatic rings. The van der Waals surface area contributed by atoms with Crippen molar-refractivity contribution >= 4 is 28.9 Å². The molecule has 0 radical (unpaired) electrons. The quantitative estimate of drug-likeness (QED) is 0.815. The normalized spacial score (nSPS) is 15.6. The topological polar surface area (TPSA) is 64.3 Å². The Hall–Kier alpha value is -1.26. The van der Waals surface area contributed by atoms with Crippen LogP contribution >= 0.6 is 11.6 Å². The smallest absolute Gasteiger partial charge is 0.226 e. The van der Waals surface area contributed by atoms with E-state index < -0.39 is 0 Å². The lowest BCUT2D eigenvalue weighted by Crippen LogP contribution is -2.17. The monoisotopic (exact) mass is 282 g/mol. The molecule has 0 saturated heterocycles. The van der Waals surface area contributed by atoms with Crippen molar-refractivity contribution in [3.63, 3.8) is 0 Å². The summed E-state index contributed by atoms with van der Waals surface area (Å²) in [7, 11) is 0. The fourth-order valence-electron chi connectivity index (χ4n) is 2.22. The number of amides is 1. The summed E-state index contributed by atoms with van der Waals surface area (Å²) in [6, 6.07) is 5.01. The second-order valence-corrected chi connectivity index (χ2v) is 5.24. The Labute approximate surface area is 118 Å². The molecule has 0 bridgehead atoms. The van der Waals surface area contributed by atoms with Crippen LogP contribution in [0.4, 0.5) is 11.4 Å². The van der Waals surface area contributed by atoms with E-state index in [-0.39, 0.29) is 5.91 Å². The highest BCUT2D eigenvalue weighted by molar-refractivity contribution is 6.31. The van der Waals surface area contributed by atoms with Gasteiger partial charge in [0.2, 0.25) is 5.91 Å². The van der Waals surface area contributed by atoms with Crippen molar-refractivity contribution in [3.05, 3.63) is 23.2 Å². The Bertz CT molecular complexity index is 445. The minimum atomic E-state index is -0.105. The first kappa shape index (κ1) is 14.2. The van der Waals surface area contributed by atoms with Gasteiger partial charge in [-0.15, -0.1) is 0 Å². The minimum absolute atomic E-state index is 0.105. The molecule has 4 nitrogen and oxygen atoms in total. The van der Waals surface area contributed by atoms with Crippen molar-refractivity contribution in [1.82, 2.24) is 0 Å². The van der Waals surface area contributed by atoms with Gasteiger partial charge in [-0.3, -0.25) is 4.79 Å². The third-order valence-corrected chi connectivity index (χ3v) is 3.51. The third kappa shape index (κ3) is 4.40. The van der Waals surface area contributed by atoms with Crippen molar-refractivity contribution in [3.8, 4) is 0 Å². The van der Waals surface area contributed by atoms with Gasteiger partial charge in [0.25, 0.3) is 0 Å². The zero-order valence-corrected chi connectivity index (χ0v) is 11.6. The minimum Gasteiger partial charge on any atom is -0.397 e. The van der Waals surface area contributed by atoms with Crippen LogP contribution in [0.25, 0.3) is 0 Å². The second-order valence-electron chi connectivity index (χ2n) is 4.81. The Balaban J connectivity index is 1.75. The number of rotatable bonds is 5. The molecule has 0 aromatic heterocycles. The Kier molecular flexibility index (Phi) is 5.05. The predicted molar refractivity (Wildman–Crippen MR) is 77.3 cm³/mol. The van der Waals surface area contributed by atoms with Gasteiger partial charge in [-0.25, -0.2) is 0 Å².